The van der Waals surface area contributed by atoms with Crippen molar-refractivity contribution in [3.05, 3.63) is 107 Å². The van der Waals surface area contributed by atoms with Crippen LogP contribution in [0.3, 0.4) is 0 Å². The Bertz CT molecular complexity index is 1070. The van der Waals surface area contributed by atoms with Gasteiger partial charge in [-0.2, -0.15) is 0 Å². The molecule has 1 fully saturated rings. The highest BCUT2D eigenvalue weighted by molar-refractivity contribution is 6.11. The average molecular weight is 413 g/mol. The summed E-state index contributed by atoms with van der Waals surface area (Å²) in [5.41, 5.74) is 1.96. The molecule has 4 amide bonds. The van der Waals surface area contributed by atoms with Crippen LogP contribution in [0.4, 0.5) is 4.79 Å². The lowest BCUT2D eigenvalue weighted by molar-refractivity contribution is -0.134. The third kappa shape index (κ3) is 3.80. The van der Waals surface area contributed by atoms with Crippen molar-refractivity contribution in [2.24, 2.45) is 0 Å². The van der Waals surface area contributed by atoms with Crippen molar-refractivity contribution < 1.29 is 14.4 Å². The van der Waals surface area contributed by atoms with Crippen LogP contribution in [0.1, 0.15) is 22.3 Å². The second-order valence-electron chi connectivity index (χ2n) is 7.51. The normalized spacial score (nSPS) is 14.9. The van der Waals surface area contributed by atoms with E-state index in [9.17, 15) is 14.4 Å². The van der Waals surface area contributed by atoms with E-state index >= 15 is 0 Å². The first-order valence-corrected chi connectivity index (χ1v) is 10.1. The molecule has 0 radical (unpaired) electrons. The minimum atomic E-state index is -1.37. The van der Waals surface area contributed by atoms with Gasteiger partial charge in [-0.15, -0.1) is 0 Å². The molecule has 31 heavy (non-hydrogen) atoms. The van der Waals surface area contributed by atoms with Gasteiger partial charge >= 0.3 is 6.03 Å². The summed E-state index contributed by atoms with van der Waals surface area (Å²) in [6.45, 7) is 1.95. The number of urea groups is 1. The number of carbonyl (C=O) groups excluding carboxylic acids is 3. The molecule has 0 aromatic heterocycles. The van der Waals surface area contributed by atoms with Gasteiger partial charge in [-0.25, -0.2) is 4.79 Å². The molecule has 156 valence electrons. The van der Waals surface area contributed by atoms with Gasteiger partial charge in [-0.3, -0.25) is 14.5 Å². The molecule has 6 nitrogen and oxygen atoms in total. The van der Waals surface area contributed by atoms with Crippen LogP contribution in [0.5, 0.6) is 0 Å². The fourth-order valence-electron chi connectivity index (χ4n) is 3.86. The van der Waals surface area contributed by atoms with Crippen LogP contribution in [-0.2, 0) is 21.7 Å². The van der Waals surface area contributed by atoms with Crippen LogP contribution in [-0.4, -0.2) is 29.3 Å². The molecule has 1 aliphatic heterocycles. The van der Waals surface area contributed by atoms with Crippen LogP contribution >= 0.6 is 0 Å². The van der Waals surface area contributed by atoms with Gasteiger partial charge in [0, 0.05) is 6.54 Å². The third-order valence-corrected chi connectivity index (χ3v) is 5.56. The molecule has 1 heterocycles. The van der Waals surface area contributed by atoms with Gasteiger partial charge in [0.15, 0.2) is 5.54 Å². The summed E-state index contributed by atoms with van der Waals surface area (Å²) in [4.78, 5) is 39.9. The van der Waals surface area contributed by atoms with Crippen molar-refractivity contribution in [1.29, 1.82) is 0 Å². The summed E-state index contributed by atoms with van der Waals surface area (Å²) in [6.07, 6.45) is 0. The van der Waals surface area contributed by atoms with E-state index in [1.165, 1.54) is 0 Å². The van der Waals surface area contributed by atoms with Gasteiger partial charge in [0.1, 0.15) is 6.54 Å². The third-order valence-electron chi connectivity index (χ3n) is 5.56. The van der Waals surface area contributed by atoms with Crippen LogP contribution in [0.2, 0.25) is 0 Å². The number of hydrogen-bond acceptors (Lipinski definition) is 3. The number of rotatable bonds is 6. The first kappa shape index (κ1) is 20.3. The van der Waals surface area contributed by atoms with Crippen molar-refractivity contribution in [3.8, 4) is 0 Å². The number of aryl methyl sites for hydroxylation is 1. The zero-order chi connectivity index (χ0) is 21.8. The van der Waals surface area contributed by atoms with E-state index < -0.39 is 23.4 Å². The molecule has 0 bridgehead atoms. The number of amides is 4. The molecule has 2 N–H and O–H groups in total. The maximum Gasteiger partial charge on any atom is 0.326 e. The smallest absolute Gasteiger partial charge is 0.326 e. The Labute approximate surface area is 180 Å². The molecular weight excluding hydrogens is 390 g/mol. The Morgan fingerprint density at radius 2 is 1.42 bits per heavy atom. The van der Waals surface area contributed by atoms with Crippen LogP contribution < -0.4 is 10.6 Å². The second-order valence-corrected chi connectivity index (χ2v) is 7.51. The molecule has 4 rings (SSSR count). The Morgan fingerprint density at radius 3 is 2.00 bits per heavy atom. The number of benzene rings is 3. The van der Waals surface area contributed by atoms with E-state index in [-0.39, 0.29) is 6.54 Å². The van der Waals surface area contributed by atoms with Gasteiger partial charge < -0.3 is 10.6 Å². The maximum absolute atomic E-state index is 13.6. The molecule has 0 spiro atoms. The summed E-state index contributed by atoms with van der Waals surface area (Å²) in [5.74, 6) is -0.871. The Morgan fingerprint density at radius 1 is 0.871 bits per heavy atom. The molecule has 1 saturated heterocycles. The molecule has 0 aliphatic carbocycles. The van der Waals surface area contributed by atoms with Crippen LogP contribution in [0.25, 0.3) is 0 Å². The minimum Gasteiger partial charge on any atom is -0.350 e. The first-order valence-electron chi connectivity index (χ1n) is 10.1. The standard InChI is InChI=1S/C25H23N3O3/c1-18-10-8-9-11-19(18)16-26-22(29)17-28-23(30)25(27-24(28)31,20-12-4-2-5-13-20)21-14-6-3-7-15-21/h2-15H,16-17H2,1H3,(H,26,29)(H,27,31). The Kier molecular flexibility index (Phi) is 5.54. The summed E-state index contributed by atoms with van der Waals surface area (Å²) >= 11 is 0. The van der Waals surface area contributed by atoms with Crippen molar-refractivity contribution in [3.63, 3.8) is 0 Å². The molecule has 3 aromatic carbocycles. The molecule has 0 unspecified atom stereocenters. The topological polar surface area (TPSA) is 78.5 Å². The number of hydrogen-bond donors (Lipinski definition) is 2. The zero-order valence-electron chi connectivity index (χ0n) is 17.2. The lowest BCUT2D eigenvalue weighted by atomic mass is 9.82. The van der Waals surface area contributed by atoms with E-state index in [1.807, 2.05) is 67.6 Å². The Hall–Kier alpha value is -3.93. The van der Waals surface area contributed by atoms with Crippen LogP contribution in [0, 0.1) is 6.92 Å². The van der Waals surface area contributed by atoms with Gasteiger partial charge in [-0.1, -0.05) is 84.9 Å². The van der Waals surface area contributed by atoms with E-state index in [1.54, 1.807) is 24.3 Å². The van der Waals surface area contributed by atoms with Crippen molar-refractivity contribution >= 4 is 17.8 Å². The number of nitrogens with one attached hydrogen (secondary N) is 2. The molecule has 1 aliphatic rings. The molecule has 0 saturated carbocycles. The average Bonchev–Trinajstić information content (AvgIpc) is 3.05. The maximum atomic E-state index is 13.6. The minimum absolute atomic E-state index is 0.331. The fourth-order valence-corrected chi connectivity index (χ4v) is 3.86. The largest absolute Gasteiger partial charge is 0.350 e. The Balaban J connectivity index is 1.58. The molecule has 3 aromatic rings. The number of imide groups is 1. The monoisotopic (exact) mass is 413 g/mol. The summed E-state index contributed by atoms with van der Waals surface area (Å²) < 4.78 is 0. The fraction of sp³-hybridized carbons (Fsp3) is 0.160. The summed E-state index contributed by atoms with van der Waals surface area (Å²) in [7, 11) is 0. The van der Waals surface area contributed by atoms with Gasteiger partial charge in [0.2, 0.25) is 5.91 Å². The van der Waals surface area contributed by atoms with E-state index in [0.717, 1.165) is 16.0 Å². The van der Waals surface area contributed by atoms with Crippen LogP contribution in [0.15, 0.2) is 84.9 Å². The zero-order valence-corrected chi connectivity index (χ0v) is 17.2. The van der Waals surface area contributed by atoms with E-state index in [2.05, 4.69) is 10.6 Å². The summed E-state index contributed by atoms with van der Waals surface area (Å²) in [5, 5.41) is 5.65. The highest BCUT2D eigenvalue weighted by atomic mass is 16.2. The summed E-state index contributed by atoms with van der Waals surface area (Å²) in [6, 6.07) is 25.3. The van der Waals surface area contributed by atoms with Crippen molar-refractivity contribution in [2.45, 2.75) is 19.0 Å². The lowest BCUT2D eigenvalue weighted by Gasteiger charge is -2.28. The number of nitrogens with zero attached hydrogens (tertiary/aromatic N) is 1. The predicted octanol–water partition coefficient (Wildman–Crippen LogP) is 3.11. The highest BCUT2D eigenvalue weighted by Crippen LogP contribution is 2.35. The molecule has 0 atom stereocenters. The predicted molar refractivity (Wildman–Crippen MR) is 117 cm³/mol. The number of carbonyl (C=O) groups is 3. The van der Waals surface area contributed by atoms with Crippen molar-refractivity contribution in [1.82, 2.24) is 15.5 Å². The van der Waals surface area contributed by atoms with Crippen molar-refractivity contribution in [2.75, 3.05) is 6.54 Å². The van der Waals surface area contributed by atoms with E-state index in [4.69, 9.17) is 0 Å². The molecular formula is C25H23N3O3. The molecule has 6 heteroatoms. The highest BCUT2D eigenvalue weighted by Gasteiger charge is 2.53. The second kappa shape index (κ2) is 8.44. The van der Waals surface area contributed by atoms with Gasteiger partial charge in [0.05, 0.1) is 0 Å². The quantitative estimate of drug-likeness (QED) is 0.610. The lowest BCUT2D eigenvalue weighted by Crippen LogP contribution is -2.46. The first-order chi connectivity index (χ1) is 15.0. The van der Waals surface area contributed by atoms with E-state index in [0.29, 0.717) is 17.7 Å². The van der Waals surface area contributed by atoms with Gasteiger partial charge in [-0.05, 0) is 29.2 Å². The SMILES string of the molecule is Cc1ccccc1CNC(=O)CN1C(=O)NC(c2ccccc2)(c2ccccc2)C1=O. The van der Waals surface area contributed by atoms with Gasteiger partial charge in [0.25, 0.3) is 5.91 Å².